The van der Waals surface area contributed by atoms with Crippen molar-refractivity contribution < 1.29 is 4.74 Å². The van der Waals surface area contributed by atoms with Crippen molar-refractivity contribution in [3.8, 4) is 11.5 Å². The van der Waals surface area contributed by atoms with Crippen LogP contribution in [0.3, 0.4) is 0 Å². The molecule has 3 rings (SSSR count). The summed E-state index contributed by atoms with van der Waals surface area (Å²) in [6.07, 6.45) is 3.47. The number of aromatic nitrogens is 2. The molecule has 0 unspecified atom stereocenters. The monoisotopic (exact) mass is 241 g/mol. The Bertz CT molecular complexity index is 518. The van der Waals surface area contributed by atoms with Crippen molar-refractivity contribution in [3.05, 3.63) is 48.0 Å². The quantitative estimate of drug-likeness (QED) is 0.895. The molecule has 0 spiro atoms. The first-order chi connectivity index (χ1) is 8.81. The zero-order chi connectivity index (χ0) is 12.4. The number of nitrogens with one attached hydrogen (secondary N) is 1. The van der Waals surface area contributed by atoms with Gasteiger partial charge in [0.1, 0.15) is 11.6 Å². The van der Waals surface area contributed by atoms with Gasteiger partial charge in [-0.1, -0.05) is 17.7 Å². The van der Waals surface area contributed by atoms with Crippen molar-refractivity contribution >= 4 is 0 Å². The summed E-state index contributed by atoms with van der Waals surface area (Å²) in [7, 11) is 0. The van der Waals surface area contributed by atoms with Gasteiger partial charge in [0.15, 0.2) is 5.75 Å². The van der Waals surface area contributed by atoms with Crippen LogP contribution < -0.4 is 10.1 Å². The molecule has 2 heterocycles. The van der Waals surface area contributed by atoms with Crippen LogP contribution in [0.15, 0.2) is 36.7 Å². The fraction of sp³-hybridized carbons (Fsp3) is 0.286. The van der Waals surface area contributed by atoms with Crippen molar-refractivity contribution in [1.29, 1.82) is 0 Å². The summed E-state index contributed by atoms with van der Waals surface area (Å²) in [5.74, 6) is 2.83. The number of ether oxygens (including phenoxy) is 1. The Labute approximate surface area is 106 Å². The van der Waals surface area contributed by atoms with Gasteiger partial charge < -0.3 is 10.1 Å². The first kappa shape index (κ1) is 11.2. The Morgan fingerprint density at radius 3 is 2.28 bits per heavy atom. The van der Waals surface area contributed by atoms with Gasteiger partial charge in [-0.15, -0.1) is 0 Å². The lowest BCUT2D eigenvalue weighted by Crippen LogP contribution is -2.40. The van der Waals surface area contributed by atoms with E-state index in [-0.39, 0.29) is 0 Å². The van der Waals surface area contributed by atoms with E-state index in [1.807, 2.05) is 31.2 Å². The van der Waals surface area contributed by atoms with Crippen LogP contribution in [0.25, 0.3) is 0 Å². The number of rotatable bonds is 3. The smallest absolute Gasteiger partial charge is 0.164 e. The van der Waals surface area contributed by atoms with E-state index in [1.54, 1.807) is 12.4 Å². The average Bonchev–Trinajstić information content (AvgIpc) is 2.32. The highest BCUT2D eigenvalue weighted by Gasteiger charge is 2.21. The van der Waals surface area contributed by atoms with Crippen LogP contribution in [0.1, 0.15) is 17.3 Å². The van der Waals surface area contributed by atoms with Crippen LogP contribution in [0.5, 0.6) is 11.5 Å². The summed E-state index contributed by atoms with van der Waals surface area (Å²) in [5.41, 5.74) is 1.21. The van der Waals surface area contributed by atoms with Crippen molar-refractivity contribution in [2.45, 2.75) is 12.8 Å². The second-order valence-electron chi connectivity index (χ2n) is 4.55. The maximum atomic E-state index is 5.68. The Kier molecular flexibility index (Phi) is 2.94. The molecule has 1 aromatic carbocycles. The van der Waals surface area contributed by atoms with Gasteiger partial charge in [-0.2, -0.15) is 0 Å². The molecule has 1 aromatic heterocycles. The zero-order valence-corrected chi connectivity index (χ0v) is 10.3. The molecule has 92 valence electrons. The van der Waals surface area contributed by atoms with E-state index in [4.69, 9.17) is 4.74 Å². The van der Waals surface area contributed by atoms with Crippen LogP contribution in [0.2, 0.25) is 0 Å². The molecular formula is C14H15N3O. The Morgan fingerprint density at radius 2 is 1.72 bits per heavy atom. The van der Waals surface area contributed by atoms with Crippen LogP contribution in [0, 0.1) is 6.92 Å². The molecule has 1 aliphatic rings. The van der Waals surface area contributed by atoms with E-state index in [2.05, 4.69) is 15.3 Å². The van der Waals surface area contributed by atoms with Crippen molar-refractivity contribution in [2.75, 3.05) is 13.1 Å². The largest absolute Gasteiger partial charge is 0.454 e. The Balaban J connectivity index is 1.70. The molecule has 1 saturated heterocycles. The standard InChI is InChI=1S/C14H15N3O/c1-10-2-4-12(5-3-10)18-13-8-16-14(17-9-13)11-6-15-7-11/h2-5,8-9,11,15H,6-7H2,1H3. The van der Waals surface area contributed by atoms with Crippen LogP contribution in [-0.2, 0) is 0 Å². The molecule has 1 N–H and O–H groups in total. The first-order valence-electron chi connectivity index (χ1n) is 6.08. The van der Waals surface area contributed by atoms with E-state index >= 15 is 0 Å². The third-order valence-corrected chi connectivity index (χ3v) is 3.05. The number of aryl methyl sites for hydroxylation is 1. The van der Waals surface area contributed by atoms with Gasteiger partial charge in [0, 0.05) is 19.0 Å². The number of hydrogen-bond donors (Lipinski definition) is 1. The molecular weight excluding hydrogens is 226 g/mol. The summed E-state index contributed by atoms with van der Waals surface area (Å²) in [4.78, 5) is 8.68. The van der Waals surface area contributed by atoms with E-state index in [1.165, 1.54) is 5.56 Å². The zero-order valence-electron chi connectivity index (χ0n) is 10.3. The second-order valence-corrected chi connectivity index (χ2v) is 4.55. The van der Waals surface area contributed by atoms with Crippen molar-refractivity contribution in [1.82, 2.24) is 15.3 Å². The lowest BCUT2D eigenvalue weighted by atomic mass is 10.0. The lowest BCUT2D eigenvalue weighted by Gasteiger charge is -2.25. The molecule has 0 atom stereocenters. The van der Waals surface area contributed by atoms with Crippen LogP contribution in [0.4, 0.5) is 0 Å². The minimum atomic E-state index is 0.457. The fourth-order valence-electron chi connectivity index (χ4n) is 1.80. The highest BCUT2D eigenvalue weighted by atomic mass is 16.5. The van der Waals surface area contributed by atoms with Gasteiger partial charge in [0.2, 0.25) is 0 Å². The van der Waals surface area contributed by atoms with E-state index in [0.717, 1.165) is 24.7 Å². The summed E-state index contributed by atoms with van der Waals surface area (Å²) >= 11 is 0. The summed E-state index contributed by atoms with van der Waals surface area (Å²) in [5, 5.41) is 3.21. The maximum absolute atomic E-state index is 5.68. The van der Waals surface area contributed by atoms with Gasteiger partial charge >= 0.3 is 0 Å². The third-order valence-electron chi connectivity index (χ3n) is 3.05. The molecule has 2 aromatic rings. The van der Waals surface area contributed by atoms with E-state index < -0.39 is 0 Å². The molecule has 1 aliphatic heterocycles. The van der Waals surface area contributed by atoms with Gasteiger partial charge in [0.25, 0.3) is 0 Å². The molecule has 18 heavy (non-hydrogen) atoms. The predicted molar refractivity (Wildman–Crippen MR) is 68.9 cm³/mol. The molecule has 0 radical (unpaired) electrons. The molecule has 0 aliphatic carbocycles. The van der Waals surface area contributed by atoms with Gasteiger partial charge in [-0.05, 0) is 19.1 Å². The molecule has 4 heteroatoms. The maximum Gasteiger partial charge on any atom is 0.164 e. The SMILES string of the molecule is Cc1ccc(Oc2cnc(C3CNC3)nc2)cc1. The predicted octanol–water partition coefficient (Wildman–Crippen LogP) is 2.26. The number of hydrogen-bond acceptors (Lipinski definition) is 4. The summed E-state index contributed by atoms with van der Waals surface area (Å²) in [6.45, 7) is 3.99. The van der Waals surface area contributed by atoms with E-state index in [9.17, 15) is 0 Å². The van der Waals surface area contributed by atoms with E-state index in [0.29, 0.717) is 11.7 Å². The van der Waals surface area contributed by atoms with Crippen molar-refractivity contribution in [2.24, 2.45) is 0 Å². The number of benzene rings is 1. The molecule has 0 bridgehead atoms. The van der Waals surface area contributed by atoms with Crippen LogP contribution >= 0.6 is 0 Å². The van der Waals surface area contributed by atoms with Crippen molar-refractivity contribution in [3.63, 3.8) is 0 Å². The molecule has 1 fully saturated rings. The Morgan fingerprint density at radius 1 is 1.06 bits per heavy atom. The van der Waals surface area contributed by atoms with Gasteiger partial charge in [-0.3, -0.25) is 0 Å². The average molecular weight is 241 g/mol. The highest BCUT2D eigenvalue weighted by molar-refractivity contribution is 5.30. The Hall–Kier alpha value is -1.94. The summed E-state index contributed by atoms with van der Waals surface area (Å²) < 4.78 is 5.68. The fourth-order valence-corrected chi connectivity index (χ4v) is 1.80. The second kappa shape index (κ2) is 4.74. The molecule has 4 nitrogen and oxygen atoms in total. The third kappa shape index (κ3) is 2.33. The van der Waals surface area contributed by atoms with Gasteiger partial charge in [-0.25, -0.2) is 9.97 Å². The summed E-state index contributed by atoms with van der Waals surface area (Å²) in [6, 6.07) is 7.92. The minimum Gasteiger partial charge on any atom is -0.454 e. The first-order valence-corrected chi connectivity index (χ1v) is 6.08. The topological polar surface area (TPSA) is 47.0 Å². The van der Waals surface area contributed by atoms with Crippen LogP contribution in [-0.4, -0.2) is 23.1 Å². The lowest BCUT2D eigenvalue weighted by molar-refractivity contribution is 0.424. The highest BCUT2D eigenvalue weighted by Crippen LogP contribution is 2.22. The van der Waals surface area contributed by atoms with Gasteiger partial charge in [0.05, 0.1) is 12.4 Å². The molecule has 0 saturated carbocycles. The number of nitrogens with zero attached hydrogens (tertiary/aromatic N) is 2. The minimum absolute atomic E-state index is 0.457. The normalized spacial score (nSPS) is 15.2. The molecule has 0 amide bonds.